The molecule has 18 heavy (non-hydrogen) atoms. The lowest BCUT2D eigenvalue weighted by molar-refractivity contribution is -0.140. The van der Waals surface area contributed by atoms with Gasteiger partial charge in [-0.1, -0.05) is 0 Å². The summed E-state index contributed by atoms with van der Waals surface area (Å²) in [4.78, 5) is 3.13. The Morgan fingerprint density at radius 3 is 2.44 bits per heavy atom. The van der Waals surface area contributed by atoms with Gasteiger partial charge in [-0.15, -0.1) is 0 Å². The summed E-state index contributed by atoms with van der Waals surface area (Å²) in [5.74, 6) is -0.403. The van der Waals surface area contributed by atoms with E-state index in [1.54, 1.807) is 6.07 Å². The highest BCUT2D eigenvalue weighted by molar-refractivity contribution is 5.38. The largest absolute Gasteiger partial charge is 0.481 e. The van der Waals surface area contributed by atoms with E-state index in [1.165, 1.54) is 0 Å². The van der Waals surface area contributed by atoms with E-state index in [0.717, 1.165) is 7.11 Å². The summed E-state index contributed by atoms with van der Waals surface area (Å²) >= 11 is 0. The number of ether oxygens (including phenoxy) is 1. The van der Waals surface area contributed by atoms with Gasteiger partial charge in [0, 0.05) is 5.56 Å². The number of hydrogen-bond donors (Lipinski definition) is 0. The zero-order valence-corrected chi connectivity index (χ0v) is 9.05. The molecule has 0 radical (unpaired) electrons. The lowest BCUT2D eigenvalue weighted by Gasteiger charge is -2.14. The monoisotopic (exact) mass is 266 g/mol. The molecule has 8 heteroatoms. The van der Waals surface area contributed by atoms with E-state index in [-0.39, 0.29) is 5.56 Å². The van der Waals surface area contributed by atoms with Crippen LogP contribution in [0.25, 0.3) is 0 Å². The molecule has 0 aliphatic carbocycles. The van der Waals surface area contributed by atoms with Crippen molar-refractivity contribution in [1.29, 1.82) is 5.26 Å². The van der Waals surface area contributed by atoms with Crippen LogP contribution in [0.4, 0.5) is 22.0 Å². The van der Waals surface area contributed by atoms with Gasteiger partial charge in [0.25, 0.3) is 6.43 Å². The van der Waals surface area contributed by atoms with Gasteiger partial charge in [0.05, 0.1) is 25.2 Å². The molecule has 3 nitrogen and oxygen atoms in total. The van der Waals surface area contributed by atoms with Crippen LogP contribution in [0.15, 0.2) is 6.07 Å². The van der Waals surface area contributed by atoms with Gasteiger partial charge in [-0.3, -0.25) is 0 Å². The SMILES string of the molecule is COc1nc(C(F)F)c(C(F)(F)F)cc1CC#N. The maximum Gasteiger partial charge on any atom is 0.418 e. The summed E-state index contributed by atoms with van der Waals surface area (Å²) in [6.07, 6.45) is -8.76. The van der Waals surface area contributed by atoms with E-state index in [2.05, 4.69) is 9.72 Å². The van der Waals surface area contributed by atoms with Crippen LogP contribution in [0.5, 0.6) is 5.88 Å². The van der Waals surface area contributed by atoms with Crippen molar-refractivity contribution in [2.75, 3.05) is 7.11 Å². The van der Waals surface area contributed by atoms with Gasteiger partial charge < -0.3 is 4.74 Å². The number of methoxy groups -OCH3 is 1. The molecular weight excluding hydrogens is 259 g/mol. The highest BCUT2D eigenvalue weighted by Crippen LogP contribution is 2.37. The molecule has 98 valence electrons. The molecule has 0 amide bonds. The van der Waals surface area contributed by atoms with Crippen molar-refractivity contribution in [2.24, 2.45) is 0 Å². The van der Waals surface area contributed by atoms with Crippen LogP contribution in [0.1, 0.15) is 23.2 Å². The van der Waals surface area contributed by atoms with Gasteiger partial charge in [-0.05, 0) is 6.07 Å². The Balaban J connectivity index is 3.48. The minimum atomic E-state index is -4.96. The number of alkyl halides is 5. The fourth-order valence-electron chi connectivity index (χ4n) is 1.33. The van der Waals surface area contributed by atoms with Crippen LogP contribution in [0, 0.1) is 11.3 Å². The van der Waals surface area contributed by atoms with E-state index in [4.69, 9.17) is 5.26 Å². The van der Waals surface area contributed by atoms with Crippen molar-refractivity contribution in [2.45, 2.75) is 19.0 Å². The lowest BCUT2D eigenvalue weighted by Crippen LogP contribution is -2.13. The molecular formula is C10H7F5N2O. The third-order valence-corrected chi connectivity index (χ3v) is 2.07. The molecule has 0 aliphatic rings. The summed E-state index contributed by atoms with van der Waals surface area (Å²) in [7, 11) is 1.08. The lowest BCUT2D eigenvalue weighted by atomic mass is 10.1. The number of aromatic nitrogens is 1. The van der Waals surface area contributed by atoms with Crippen LogP contribution in [-0.2, 0) is 12.6 Å². The van der Waals surface area contributed by atoms with Crippen LogP contribution < -0.4 is 4.74 Å². The zero-order valence-electron chi connectivity index (χ0n) is 9.05. The predicted molar refractivity (Wildman–Crippen MR) is 50.1 cm³/mol. The first-order valence-corrected chi connectivity index (χ1v) is 4.61. The topological polar surface area (TPSA) is 45.9 Å². The Kier molecular flexibility index (Phi) is 4.06. The van der Waals surface area contributed by atoms with Crippen molar-refractivity contribution in [3.8, 4) is 11.9 Å². The minimum absolute atomic E-state index is 0.184. The average Bonchev–Trinajstić information content (AvgIpc) is 2.27. The molecule has 0 bridgehead atoms. The Labute approximate surface area is 98.8 Å². The third-order valence-electron chi connectivity index (χ3n) is 2.07. The molecule has 0 atom stereocenters. The molecule has 0 saturated heterocycles. The first-order chi connectivity index (χ1) is 8.31. The van der Waals surface area contributed by atoms with E-state index >= 15 is 0 Å². The number of hydrogen-bond acceptors (Lipinski definition) is 3. The molecule has 0 aromatic carbocycles. The number of halogens is 5. The number of pyridine rings is 1. The minimum Gasteiger partial charge on any atom is -0.481 e. The second-order valence-corrected chi connectivity index (χ2v) is 3.22. The molecule has 0 spiro atoms. The fraction of sp³-hybridized carbons (Fsp3) is 0.400. The standard InChI is InChI=1S/C10H7F5N2O/c1-18-9-5(2-3-16)4-6(10(13,14)15)7(17-9)8(11)12/h4,8H,2H2,1H3. The highest BCUT2D eigenvalue weighted by atomic mass is 19.4. The number of nitriles is 1. The summed E-state index contributed by atoms with van der Waals surface area (Å²) < 4.78 is 67.3. The molecule has 1 aromatic rings. The molecule has 0 N–H and O–H groups in total. The Bertz CT molecular complexity index is 478. The number of nitrogens with zero attached hydrogens (tertiary/aromatic N) is 2. The zero-order chi connectivity index (χ0) is 13.9. The Morgan fingerprint density at radius 2 is 2.06 bits per heavy atom. The first-order valence-electron chi connectivity index (χ1n) is 4.61. The molecule has 1 heterocycles. The van der Waals surface area contributed by atoms with Gasteiger partial charge >= 0.3 is 6.18 Å². The summed E-state index contributed by atoms with van der Waals surface area (Å²) in [5, 5.41) is 8.45. The van der Waals surface area contributed by atoms with Crippen LogP contribution in [-0.4, -0.2) is 12.1 Å². The van der Waals surface area contributed by atoms with Gasteiger partial charge in [0.15, 0.2) is 0 Å². The first kappa shape index (κ1) is 14.2. The predicted octanol–water partition coefficient (Wildman–Crippen LogP) is 3.11. The quantitative estimate of drug-likeness (QED) is 0.789. The maximum absolute atomic E-state index is 12.6. The third kappa shape index (κ3) is 2.85. The van der Waals surface area contributed by atoms with E-state index in [9.17, 15) is 22.0 Å². The Hall–Kier alpha value is -1.91. The average molecular weight is 266 g/mol. The van der Waals surface area contributed by atoms with Crippen LogP contribution in [0.2, 0.25) is 0 Å². The maximum atomic E-state index is 12.6. The fourth-order valence-corrected chi connectivity index (χ4v) is 1.33. The second-order valence-electron chi connectivity index (χ2n) is 3.22. The Morgan fingerprint density at radius 1 is 1.44 bits per heavy atom. The van der Waals surface area contributed by atoms with E-state index in [1.807, 2.05) is 0 Å². The highest BCUT2D eigenvalue weighted by Gasteiger charge is 2.38. The van der Waals surface area contributed by atoms with E-state index < -0.39 is 36.2 Å². The van der Waals surface area contributed by atoms with Crippen molar-refractivity contribution in [1.82, 2.24) is 4.98 Å². The smallest absolute Gasteiger partial charge is 0.418 e. The van der Waals surface area contributed by atoms with Crippen molar-refractivity contribution < 1.29 is 26.7 Å². The van der Waals surface area contributed by atoms with Gasteiger partial charge in [-0.25, -0.2) is 13.8 Å². The van der Waals surface area contributed by atoms with Gasteiger partial charge in [0.1, 0.15) is 5.69 Å². The van der Waals surface area contributed by atoms with E-state index in [0.29, 0.717) is 6.07 Å². The summed E-state index contributed by atoms with van der Waals surface area (Å²) in [5.41, 5.74) is -3.14. The number of rotatable bonds is 3. The van der Waals surface area contributed by atoms with Crippen LogP contribution in [0.3, 0.4) is 0 Å². The van der Waals surface area contributed by atoms with Gasteiger partial charge in [0.2, 0.25) is 5.88 Å². The van der Waals surface area contributed by atoms with Crippen molar-refractivity contribution in [3.05, 3.63) is 22.9 Å². The van der Waals surface area contributed by atoms with Gasteiger partial charge in [-0.2, -0.15) is 18.4 Å². The molecule has 0 aliphatic heterocycles. The van der Waals surface area contributed by atoms with Crippen LogP contribution >= 0.6 is 0 Å². The molecule has 0 fully saturated rings. The molecule has 1 aromatic heterocycles. The van der Waals surface area contributed by atoms with Crippen molar-refractivity contribution in [3.63, 3.8) is 0 Å². The summed E-state index contributed by atoms with van der Waals surface area (Å²) in [6, 6.07) is 2.08. The molecule has 1 rings (SSSR count). The second kappa shape index (κ2) is 5.16. The van der Waals surface area contributed by atoms with Crippen molar-refractivity contribution >= 4 is 0 Å². The molecule has 0 unspecified atom stereocenters. The summed E-state index contributed by atoms with van der Waals surface area (Å²) in [6.45, 7) is 0. The normalized spacial score (nSPS) is 11.4. The molecule has 0 saturated carbocycles.